The number of piperidine rings is 1. The van der Waals surface area contributed by atoms with Crippen LogP contribution in [0.3, 0.4) is 0 Å². The monoisotopic (exact) mass is 621 g/mol. The maximum Gasteiger partial charge on any atom is 0.255 e. The first-order valence-electron chi connectivity index (χ1n) is 15.6. The molecule has 45 heavy (non-hydrogen) atoms. The van der Waals surface area contributed by atoms with E-state index in [9.17, 15) is 14.4 Å². The molecule has 6 rings (SSSR count). The molecule has 2 amide bonds. The van der Waals surface area contributed by atoms with Crippen molar-refractivity contribution >= 4 is 46.3 Å². The van der Waals surface area contributed by atoms with Crippen molar-refractivity contribution in [3.63, 3.8) is 0 Å². The van der Waals surface area contributed by atoms with E-state index in [0.717, 1.165) is 53.7 Å². The van der Waals surface area contributed by atoms with E-state index in [1.54, 1.807) is 23.9 Å². The summed E-state index contributed by atoms with van der Waals surface area (Å²) in [5.74, 6) is 0.0276. The second kappa shape index (κ2) is 13.2. The van der Waals surface area contributed by atoms with Crippen molar-refractivity contribution in [2.45, 2.75) is 37.6 Å². The van der Waals surface area contributed by atoms with Crippen molar-refractivity contribution in [1.29, 1.82) is 0 Å². The third-order valence-electron chi connectivity index (χ3n) is 8.94. The zero-order valence-corrected chi connectivity index (χ0v) is 26.8. The maximum atomic E-state index is 13.6. The van der Waals surface area contributed by atoms with Crippen molar-refractivity contribution in [1.82, 2.24) is 4.57 Å². The molecule has 3 heterocycles. The van der Waals surface area contributed by atoms with Gasteiger partial charge in [0.2, 0.25) is 0 Å². The Hall–Kier alpha value is -4.50. The fourth-order valence-electron chi connectivity index (χ4n) is 6.70. The second-order valence-electron chi connectivity index (χ2n) is 11.7. The van der Waals surface area contributed by atoms with Crippen molar-refractivity contribution in [2.24, 2.45) is 5.92 Å². The number of anilines is 4. The molecule has 4 aromatic rings. The smallest absolute Gasteiger partial charge is 0.255 e. The van der Waals surface area contributed by atoms with Crippen LogP contribution < -0.4 is 26.0 Å². The number of nitrogens with one attached hydrogen (secondary N) is 2. The molecule has 2 bridgehead atoms. The Morgan fingerprint density at radius 1 is 0.822 bits per heavy atom. The van der Waals surface area contributed by atoms with Crippen LogP contribution in [0.2, 0.25) is 0 Å². The molecule has 2 N–H and O–H groups in total. The molecule has 2 atom stereocenters. The molecule has 0 radical (unpaired) electrons. The number of carbonyl (C=O) groups excluding carboxylic acids is 2. The van der Waals surface area contributed by atoms with Crippen molar-refractivity contribution < 1.29 is 9.59 Å². The predicted octanol–water partition coefficient (Wildman–Crippen LogP) is 6.54. The lowest BCUT2D eigenvalue weighted by Gasteiger charge is -2.44. The molecule has 1 fully saturated rings. The van der Waals surface area contributed by atoms with Gasteiger partial charge in [-0.05, 0) is 93.1 Å². The molecule has 2 aliphatic heterocycles. The molecule has 232 valence electrons. The first kappa shape index (κ1) is 30.5. The summed E-state index contributed by atoms with van der Waals surface area (Å²) in [7, 11) is 0. The molecule has 2 aliphatic rings. The Balaban J connectivity index is 1.31. The first-order chi connectivity index (χ1) is 21.9. The number of aromatic nitrogens is 1. The number of amides is 2. The van der Waals surface area contributed by atoms with E-state index in [0.29, 0.717) is 35.8 Å². The lowest BCUT2D eigenvalue weighted by atomic mass is 9.83. The molecule has 1 aromatic heterocycles. The van der Waals surface area contributed by atoms with Gasteiger partial charge in [-0.25, -0.2) is 0 Å². The number of thioether (sulfide) groups is 1. The van der Waals surface area contributed by atoms with Gasteiger partial charge in [0.25, 0.3) is 17.4 Å². The highest BCUT2D eigenvalue weighted by Crippen LogP contribution is 2.39. The van der Waals surface area contributed by atoms with Gasteiger partial charge >= 0.3 is 0 Å². The molecular formula is C36H39N5O3S. The summed E-state index contributed by atoms with van der Waals surface area (Å²) in [6, 6.07) is 26.4. The van der Waals surface area contributed by atoms with Crippen molar-refractivity contribution in [2.75, 3.05) is 52.9 Å². The Morgan fingerprint density at radius 3 is 2.29 bits per heavy atom. The topological polar surface area (TPSA) is 86.7 Å². The summed E-state index contributed by atoms with van der Waals surface area (Å²) >= 11 is 1.57. The van der Waals surface area contributed by atoms with E-state index in [1.807, 2.05) is 77.6 Å². The van der Waals surface area contributed by atoms with Gasteiger partial charge in [-0.1, -0.05) is 18.2 Å². The van der Waals surface area contributed by atoms with Gasteiger partial charge in [0.15, 0.2) is 0 Å². The molecule has 8 nitrogen and oxygen atoms in total. The zero-order valence-electron chi connectivity index (χ0n) is 26.0. The zero-order chi connectivity index (χ0) is 31.5. The third kappa shape index (κ3) is 6.35. The van der Waals surface area contributed by atoms with Gasteiger partial charge in [-0.2, -0.15) is 0 Å². The van der Waals surface area contributed by atoms with Gasteiger partial charge in [0, 0.05) is 72.1 Å². The van der Waals surface area contributed by atoms with Gasteiger partial charge in [0.05, 0.1) is 17.1 Å². The molecule has 2 unspecified atom stereocenters. The van der Waals surface area contributed by atoms with Gasteiger partial charge in [-0.3, -0.25) is 14.4 Å². The van der Waals surface area contributed by atoms with E-state index in [1.165, 1.54) is 0 Å². The SMILES string of the molecule is CCN(CC)c1ccc(C(=O)Nc2cc(C(=O)Nc3ccccc3SC)ccc2N2CC3CC(C2)c2cccc(=O)n2C3)cc1. The van der Waals surface area contributed by atoms with Crippen LogP contribution in [-0.4, -0.2) is 48.8 Å². The van der Waals surface area contributed by atoms with Crippen LogP contribution in [0.15, 0.2) is 94.6 Å². The fraction of sp³-hybridized carbons (Fsp3) is 0.306. The number of nitrogens with zero attached hydrogens (tertiary/aromatic N) is 3. The number of rotatable bonds is 9. The minimum absolute atomic E-state index is 0.0500. The second-order valence-corrected chi connectivity index (χ2v) is 12.5. The molecule has 0 aliphatic carbocycles. The highest BCUT2D eigenvalue weighted by Gasteiger charge is 2.35. The summed E-state index contributed by atoms with van der Waals surface area (Å²) in [6.45, 7) is 8.15. The number of benzene rings is 3. The minimum Gasteiger partial charge on any atom is -0.372 e. The largest absolute Gasteiger partial charge is 0.372 e. The summed E-state index contributed by atoms with van der Waals surface area (Å²) in [6.07, 6.45) is 3.00. The third-order valence-corrected chi connectivity index (χ3v) is 9.74. The van der Waals surface area contributed by atoms with E-state index < -0.39 is 0 Å². The summed E-state index contributed by atoms with van der Waals surface area (Å²) in [4.78, 5) is 45.2. The van der Waals surface area contributed by atoms with Crippen LogP contribution in [-0.2, 0) is 6.54 Å². The standard InChI is InChI=1S/C36H39N5O3S/c1-4-39(5-2)28-16-13-25(14-17-28)35(43)38-30-20-26(36(44)37-29-9-6-7-11-33(29)45-3)15-18-32(30)40-21-24-19-27(23-40)31-10-8-12-34(42)41(31)22-24/h6-18,20,24,27H,4-5,19,21-23H2,1-3H3,(H,37,44)(H,38,43). The van der Waals surface area contributed by atoms with Crippen LogP contribution in [0, 0.1) is 5.92 Å². The predicted molar refractivity (Wildman–Crippen MR) is 184 cm³/mol. The van der Waals surface area contributed by atoms with Crippen LogP contribution in [0.4, 0.5) is 22.7 Å². The lowest BCUT2D eigenvalue weighted by molar-refractivity contribution is 0.101. The maximum absolute atomic E-state index is 13.6. The van der Waals surface area contributed by atoms with E-state index in [4.69, 9.17) is 0 Å². The van der Waals surface area contributed by atoms with E-state index in [2.05, 4.69) is 40.3 Å². The van der Waals surface area contributed by atoms with Crippen LogP contribution in [0.1, 0.15) is 52.6 Å². The van der Waals surface area contributed by atoms with Gasteiger partial charge in [0.1, 0.15) is 0 Å². The Kier molecular flexibility index (Phi) is 8.98. The van der Waals surface area contributed by atoms with Crippen molar-refractivity contribution in [3.8, 4) is 0 Å². The average molecular weight is 622 g/mol. The summed E-state index contributed by atoms with van der Waals surface area (Å²) in [5.41, 5.74) is 5.38. The number of hydrogen-bond donors (Lipinski definition) is 2. The van der Waals surface area contributed by atoms with E-state index >= 15 is 0 Å². The molecule has 0 spiro atoms. The normalized spacial score (nSPS) is 16.9. The molecular weight excluding hydrogens is 582 g/mol. The van der Waals surface area contributed by atoms with Crippen LogP contribution >= 0.6 is 11.8 Å². The lowest BCUT2D eigenvalue weighted by Crippen LogP contribution is -2.47. The number of para-hydroxylation sites is 1. The highest BCUT2D eigenvalue weighted by molar-refractivity contribution is 7.98. The fourth-order valence-corrected chi connectivity index (χ4v) is 7.25. The Morgan fingerprint density at radius 2 is 1.53 bits per heavy atom. The number of carbonyl (C=O) groups is 2. The Labute approximate surface area is 268 Å². The minimum atomic E-state index is -0.244. The Bertz CT molecular complexity index is 1770. The molecule has 9 heteroatoms. The van der Waals surface area contributed by atoms with Gasteiger partial charge in [-0.15, -0.1) is 11.8 Å². The number of pyridine rings is 1. The van der Waals surface area contributed by atoms with Gasteiger partial charge < -0.3 is 25.0 Å². The molecule has 3 aromatic carbocycles. The molecule has 1 saturated heterocycles. The summed E-state index contributed by atoms with van der Waals surface area (Å²) in [5, 5.41) is 6.19. The first-order valence-corrected chi connectivity index (χ1v) is 16.8. The van der Waals surface area contributed by atoms with Crippen molar-refractivity contribution in [3.05, 3.63) is 112 Å². The quantitative estimate of drug-likeness (QED) is 0.206. The van der Waals surface area contributed by atoms with E-state index in [-0.39, 0.29) is 23.3 Å². The summed E-state index contributed by atoms with van der Waals surface area (Å²) < 4.78 is 1.92. The molecule has 0 saturated carbocycles. The highest BCUT2D eigenvalue weighted by atomic mass is 32.2. The number of fused-ring (bicyclic) bond motifs is 4. The van der Waals surface area contributed by atoms with Crippen LogP contribution in [0.5, 0.6) is 0 Å². The number of hydrogen-bond acceptors (Lipinski definition) is 6. The average Bonchev–Trinajstić information content (AvgIpc) is 3.06. The van der Waals surface area contributed by atoms with Crippen LogP contribution in [0.25, 0.3) is 0 Å².